The van der Waals surface area contributed by atoms with E-state index in [2.05, 4.69) is 15.2 Å². The van der Waals surface area contributed by atoms with Crippen LogP contribution in [0.3, 0.4) is 0 Å². The lowest BCUT2D eigenvalue weighted by Crippen LogP contribution is -2.49. The number of benzene rings is 2. The van der Waals surface area contributed by atoms with Gasteiger partial charge in [0.15, 0.2) is 0 Å². The molecule has 0 saturated carbocycles. The summed E-state index contributed by atoms with van der Waals surface area (Å²) in [4.78, 5) is 41.3. The number of ether oxygens (including phenoxy) is 1. The van der Waals surface area contributed by atoms with E-state index in [0.717, 1.165) is 34.1 Å². The third-order valence-corrected chi connectivity index (χ3v) is 12.5. The molecule has 0 unspecified atom stereocenters. The zero-order valence-electron chi connectivity index (χ0n) is 30.4. The highest BCUT2D eigenvalue weighted by Crippen LogP contribution is 2.34. The van der Waals surface area contributed by atoms with Gasteiger partial charge in [0, 0.05) is 70.3 Å². The molecule has 4 heterocycles. The van der Waals surface area contributed by atoms with Crippen LogP contribution in [0.25, 0.3) is 0 Å². The first-order valence-electron chi connectivity index (χ1n) is 17.2. The molecule has 2 fully saturated rings. The molecular formula is C35H46N8O7S2. The summed E-state index contributed by atoms with van der Waals surface area (Å²) < 4.78 is 60.1. The lowest BCUT2D eigenvalue weighted by Gasteiger charge is -2.34. The lowest BCUT2D eigenvalue weighted by molar-refractivity contribution is 0.0508. The van der Waals surface area contributed by atoms with Gasteiger partial charge in [0.25, 0.3) is 5.91 Å². The molecule has 2 saturated heterocycles. The third-order valence-electron chi connectivity index (χ3n) is 9.38. The number of anilines is 4. The van der Waals surface area contributed by atoms with Gasteiger partial charge in [-0.05, 0) is 76.4 Å². The number of alkyl carbamates (subject to hydrolysis) is 1. The maximum atomic E-state index is 13.8. The van der Waals surface area contributed by atoms with Crippen LogP contribution in [0.15, 0.2) is 53.4 Å². The Labute approximate surface area is 305 Å². The van der Waals surface area contributed by atoms with Crippen molar-refractivity contribution in [3.05, 3.63) is 65.4 Å². The summed E-state index contributed by atoms with van der Waals surface area (Å²) in [7, 11) is -6.03. The van der Waals surface area contributed by atoms with Crippen molar-refractivity contribution < 1.29 is 31.2 Å². The summed E-state index contributed by atoms with van der Waals surface area (Å²) in [6, 6.07) is 13.2. The molecule has 0 aliphatic carbocycles. The Bertz CT molecular complexity index is 2080. The highest BCUT2D eigenvalue weighted by molar-refractivity contribution is 7.92. The number of piperazine rings is 1. The van der Waals surface area contributed by atoms with Crippen LogP contribution in [0.5, 0.6) is 0 Å². The van der Waals surface area contributed by atoms with Gasteiger partial charge in [-0.1, -0.05) is 12.1 Å². The lowest BCUT2D eigenvalue weighted by atomic mass is 10.1. The van der Waals surface area contributed by atoms with E-state index in [1.54, 1.807) is 41.3 Å². The van der Waals surface area contributed by atoms with Crippen molar-refractivity contribution in [2.75, 3.05) is 78.1 Å². The number of hydrogen-bond acceptors (Lipinski definition) is 11. The van der Waals surface area contributed by atoms with E-state index in [1.165, 1.54) is 17.4 Å². The first-order valence-corrected chi connectivity index (χ1v) is 20.5. The number of hydrogen-bond donors (Lipinski definition) is 1. The van der Waals surface area contributed by atoms with Crippen molar-refractivity contribution in [1.29, 1.82) is 0 Å². The van der Waals surface area contributed by atoms with E-state index >= 15 is 0 Å². The van der Waals surface area contributed by atoms with Gasteiger partial charge in [-0.25, -0.2) is 26.6 Å². The Morgan fingerprint density at radius 3 is 2.33 bits per heavy atom. The fraction of sp³-hybridized carbons (Fsp3) is 0.486. The van der Waals surface area contributed by atoms with E-state index in [9.17, 15) is 26.4 Å². The number of para-hydroxylation sites is 1. The largest absolute Gasteiger partial charge is 0.444 e. The second-order valence-electron chi connectivity index (χ2n) is 14.4. The predicted octanol–water partition coefficient (Wildman–Crippen LogP) is 3.00. The summed E-state index contributed by atoms with van der Waals surface area (Å²) in [5.74, 6) is 0.921. The van der Waals surface area contributed by atoms with Gasteiger partial charge in [-0.2, -0.15) is 9.29 Å². The second kappa shape index (κ2) is 14.2. The van der Waals surface area contributed by atoms with Crippen LogP contribution in [0.4, 0.5) is 27.9 Å². The van der Waals surface area contributed by atoms with E-state index < -0.39 is 31.7 Å². The van der Waals surface area contributed by atoms with Crippen LogP contribution in [0.1, 0.15) is 48.8 Å². The molecule has 0 bridgehead atoms. The molecule has 3 aliphatic heterocycles. The molecule has 52 heavy (non-hydrogen) atoms. The summed E-state index contributed by atoms with van der Waals surface area (Å²) in [5, 5.41) is 2.94. The zero-order valence-corrected chi connectivity index (χ0v) is 32.0. The molecule has 1 atom stereocenters. The average Bonchev–Trinajstić information content (AvgIpc) is 3.73. The van der Waals surface area contributed by atoms with E-state index in [1.807, 2.05) is 38.7 Å². The molecular weight excluding hydrogens is 709 g/mol. The number of amides is 2. The Hall–Kier alpha value is -4.48. The average molecular weight is 755 g/mol. The zero-order chi connectivity index (χ0) is 37.6. The summed E-state index contributed by atoms with van der Waals surface area (Å²) in [6.07, 6.45) is 1.85. The number of nitrogens with one attached hydrogen (secondary N) is 1. The first-order chi connectivity index (χ1) is 24.4. The topological polar surface area (TPSA) is 166 Å². The molecule has 0 radical (unpaired) electrons. The Kier molecular flexibility index (Phi) is 10.1. The van der Waals surface area contributed by atoms with Gasteiger partial charge in [0.1, 0.15) is 11.4 Å². The standard InChI is InChI=1S/C35H46N8O7S2/c1-24-21-31(41-15-14-26(23-41)37-34(45)50-35(2,3)4)38-33(36-24)40-17-19-42(20-18-40)52(48,49)27-11-12-29-25(22-27)13-16-43(29)32(44)28-9-7-8-10-30(28)39(5)51(6,46)47/h7-12,21-22,26H,13-20,23H2,1-6H3,(H,37,45)/t26-/m0/s1. The molecule has 2 aromatic carbocycles. The predicted molar refractivity (Wildman–Crippen MR) is 199 cm³/mol. The van der Waals surface area contributed by atoms with Crippen molar-refractivity contribution in [3.63, 3.8) is 0 Å². The number of rotatable bonds is 8. The monoisotopic (exact) mass is 754 g/mol. The first kappa shape index (κ1) is 37.3. The van der Waals surface area contributed by atoms with Crippen LogP contribution >= 0.6 is 0 Å². The van der Waals surface area contributed by atoms with Crippen LogP contribution < -0.4 is 24.3 Å². The van der Waals surface area contributed by atoms with E-state index in [4.69, 9.17) is 9.72 Å². The number of aromatic nitrogens is 2. The van der Waals surface area contributed by atoms with Crippen LogP contribution in [0.2, 0.25) is 0 Å². The molecule has 2 amide bonds. The maximum Gasteiger partial charge on any atom is 0.407 e. The van der Waals surface area contributed by atoms with Crippen LogP contribution in [-0.4, -0.2) is 114 Å². The van der Waals surface area contributed by atoms with Gasteiger partial charge in [0.2, 0.25) is 26.0 Å². The number of aryl methyl sites for hydroxylation is 1. The van der Waals surface area contributed by atoms with Crippen molar-refractivity contribution in [2.45, 2.75) is 57.1 Å². The number of carbonyl (C=O) groups excluding carboxylic acids is 2. The molecule has 1 N–H and O–H groups in total. The number of sulfonamides is 2. The maximum absolute atomic E-state index is 13.8. The highest BCUT2D eigenvalue weighted by Gasteiger charge is 2.34. The Morgan fingerprint density at radius 1 is 0.923 bits per heavy atom. The number of fused-ring (bicyclic) bond motifs is 1. The van der Waals surface area contributed by atoms with Gasteiger partial charge in [-0.15, -0.1) is 0 Å². The van der Waals surface area contributed by atoms with Gasteiger partial charge in [0.05, 0.1) is 28.4 Å². The Morgan fingerprint density at radius 2 is 1.63 bits per heavy atom. The van der Waals surface area contributed by atoms with Crippen molar-refractivity contribution in [1.82, 2.24) is 19.6 Å². The summed E-state index contributed by atoms with van der Waals surface area (Å²) in [6.45, 7) is 10.3. The quantitative estimate of drug-likeness (QED) is 0.360. The van der Waals surface area contributed by atoms with Crippen LogP contribution in [0, 0.1) is 6.92 Å². The summed E-state index contributed by atoms with van der Waals surface area (Å²) in [5.41, 5.74) is 2.05. The fourth-order valence-electron chi connectivity index (χ4n) is 6.68. The number of nitrogens with zero attached hydrogens (tertiary/aromatic N) is 7. The van der Waals surface area contributed by atoms with Gasteiger partial charge in [-0.3, -0.25) is 9.10 Å². The Balaban J connectivity index is 1.10. The van der Waals surface area contributed by atoms with E-state index in [0.29, 0.717) is 50.8 Å². The minimum atomic E-state index is -3.83. The van der Waals surface area contributed by atoms with E-state index in [-0.39, 0.29) is 41.2 Å². The molecule has 0 spiro atoms. The normalized spacial score (nSPS) is 18.3. The SMILES string of the molecule is Cc1cc(N2CC[C@H](NC(=O)OC(C)(C)C)C2)nc(N2CCN(S(=O)(=O)c3ccc4c(c3)CCN4C(=O)c3ccccc3N(C)S(C)(=O)=O)CC2)n1. The van der Waals surface area contributed by atoms with Gasteiger partial charge < -0.3 is 24.8 Å². The van der Waals surface area contributed by atoms with Crippen molar-refractivity contribution >= 4 is 55.2 Å². The van der Waals surface area contributed by atoms with Crippen molar-refractivity contribution in [2.24, 2.45) is 0 Å². The molecule has 6 rings (SSSR count). The summed E-state index contributed by atoms with van der Waals surface area (Å²) >= 11 is 0. The third kappa shape index (κ3) is 7.95. The highest BCUT2D eigenvalue weighted by atomic mass is 32.2. The van der Waals surface area contributed by atoms with Crippen LogP contribution in [-0.2, 0) is 31.2 Å². The number of carbonyl (C=O) groups is 2. The van der Waals surface area contributed by atoms with Gasteiger partial charge >= 0.3 is 6.09 Å². The minimum Gasteiger partial charge on any atom is -0.444 e. The molecule has 17 heteroatoms. The second-order valence-corrected chi connectivity index (χ2v) is 18.3. The molecule has 1 aromatic heterocycles. The molecule has 3 aromatic rings. The molecule has 3 aliphatic rings. The van der Waals surface area contributed by atoms with Crippen molar-refractivity contribution in [3.8, 4) is 0 Å². The minimum absolute atomic E-state index is 0.0734. The smallest absolute Gasteiger partial charge is 0.407 e. The molecule has 15 nitrogen and oxygen atoms in total. The fourth-order valence-corrected chi connectivity index (χ4v) is 8.67. The molecule has 280 valence electrons.